The standard InChI is InChI=1S/C12H15BO3/c14-11-8-10(9-4-2-1-3-5-9)12(11)13-15-6-7-16-13/h1-5,10-12,14H,6-8H2. The molecule has 3 atom stereocenters. The summed E-state index contributed by atoms with van der Waals surface area (Å²) in [4.78, 5) is 0. The molecule has 1 heterocycles. The average molecular weight is 218 g/mol. The maximum Gasteiger partial charge on any atom is 0.463 e. The molecular formula is C12H15BO3. The van der Waals surface area contributed by atoms with E-state index in [1.165, 1.54) is 5.56 Å². The summed E-state index contributed by atoms with van der Waals surface area (Å²) in [5, 5.41) is 9.84. The highest BCUT2D eigenvalue weighted by atomic mass is 16.6. The first-order chi connectivity index (χ1) is 7.86. The third kappa shape index (κ3) is 1.67. The van der Waals surface area contributed by atoms with Gasteiger partial charge >= 0.3 is 7.12 Å². The molecule has 2 aliphatic rings. The lowest BCUT2D eigenvalue weighted by atomic mass is 9.51. The fourth-order valence-corrected chi connectivity index (χ4v) is 2.68. The summed E-state index contributed by atoms with van der Waals surface area (Å²) in [6.45, 7) is 1.30. The lowest BCUT2D eigenvalue weighted by Gasteiger charge is -2.42. The Kier molecular flexibility index (Phi) is 2.71. The van der Waals surface area contributed by atoms with Crippen LogP contribution in [-0.2, 0) is 9.31 Å². The fraction of sp³-hybridized carbons (Fsp3) is 0.500. The summed E-state index contributed by atoms with van der Waals surface area (Å²) in [5.74, 6) is 0.476. The quantitative estimate of drug-likeness (QED) is 0.763. The van der Waals surface area contributed by atoms with E-state index in [9.17, 15) is 5.11 Å². The second-order valence-corrected chi connectivity index (χ2v) is 4.51. The third-order valence-corrected chi connectivity index (χ3v) is 3.59. The highest BCUT2D eigenvalue weighted by molar-refractivity contribution is 6.47. The minimum atomic E-state index is -0.284. The Balaban J connectivity index is 1.77. The first kappa shape index (κ1) is 10.3. The number of benzene rings is 1. The summed E-state index contributed by atoms with van der Waals surface area (Å²) in [6, 6.07) is 10.3. The van der Waals surface area contributed by atoms with E-state index in [2.05, 4.69) is 12.1 Å². The Labute approximate surface area is 95.5 Å². The molecule has 1 aromatic rings. The molecule has 1 aromatic carbocycles. The predicted molar refractivity (Wildman–Crippen MR) is 61.2 cm³/mol. The SMILES string of the molecule is OC1CC(c2ccccc2)C1B1OCCO1. The van der Waals surface area contributed by atoms with Crippen LogP contribution in [0.3, 0.4) is 0 Å². The van der Waals surface area contributed by atoms with Crippen molar-refractivity contribution in [3.63, 3.8) is 0 Å². The van der Waals surface area contributed by atoms with Crippen molar-refractivity contribution in [1.29, 1.82) is 0 Å². The molecule has 0 radical (unpaired) electrons. The van der Waals surface area contributed by atoms with E-state index in [0.717, 1.165) is 6.42 Å². The van der Waals surface area contributed by atoms with Crippen LogP contribution in [0.4, 0.5) is 0 Å². The van der Waals surface area contributed by atoms with Crippen LogP contribution in [0.1, 0.15) is 17.9 Å². The summed E-state index contributed by atoms with van der Waals surface area (Å²) in [6.07, 6.45) is 0.533. The van der Waals surface area contributed by atoms with Crippen LogP contribution in [0.2, 0.25) is 5.82 Å². The Bertz CT molecular complexity index is 351. The summed E-state index contributed by atoms with van der Waals surface area (Å²) in [7, 11) is -0.214. The molecule has 3 unspecified atom stereocenters. The molecule has 0 bridgehead atoms. The lowest BCUT2D eigenvalue weighted by Crippen LogP contribution is -2.45. The third-order valence-electron chi connectivity index (χ3n) is 3.59. The van der Waals surface area contributed by atoms with Crippen molar-refractivity contribution in [3.8, 4) is 0 Å². The molecule has 1 aliphatic carbocycles. The van der Waals surface area contributed by atoms with Gasteiger partial charge in [-0.1, -0.05) is 30.3 Å². The van der Waals surface area contributed by atoms with Crippen LogP contribution >= 0.6 is 0 Å². The van der Waals surface area contributed by atoms with Gasteiger partial charge in [0.2, 0.25) is 0 Å². The molecule has 1 saturated heterocycles. The summed E-state index contributed by atoms with van der Waals surface area (Å²) < 4.78 is 11.0. The molecule has 1 aliphatic heterocycles. The molecular weight excluding hydrogens is 203 g/mol. The highest BCUT2D eigenvalue weighted by Crippen LogP contribution is 2.49. The summed E-state index contributed by atoms with van der Waals surface area (Å²) >= 11 is 0. The Hall–Kier alpha value is -0.835. The minimum Gasteiger partial charge on any atom is -0.409 e. The molecule has 3 nitrogen and oxygen atoms in total. The van der Waals surface area contributed by atoms with Gasteiger partial charge in [0.25, 0.3) is 0 Å². The molecule has 0 aromatic heterocycles. The van der Waals surface area contributed by atoms with E-state index < -0.39 is 0 Å². The van der Waals surface area contributed by atoms with E-state index in [4.69, 9.17) is 9.31 Å². The van der Waals surface area contributed by atoms with Crippen LogP contribution < -0.4 is 0 Å². The zero-order chi connectivity index (χ0) is 11.0. The van der Waals surface area contributed by atoms with E-state index in [0.29, 0.717) is 19.1 Å². The first-order valence-corrected chi connectivity index (χ1v) is 5.82. The topological polar surface area (TPSA) is 38.7 Å². The van der Waals surface area contributed by atoms with Crippen molar-refractivity contribution in [3.05, 3.63) is 35.9 Å². The molecule has 2 fully saturated rings. The van der Waals surface area contributed by atoms with E-state index in [-0.39, 0.29) is 19.0 Å². The van der Waals surface area contributed by atoms with Gasteiger partial charge in [0, 0.05) is 5.82 Å². The van der Waals surface area contributed by atoms with Gasteiger partial charge in [-0.2, -0.15) is 0 Å². The number of aliphatic hydroxyl groups excluding tert-OH is 1. The fourth-order valence-electron chi connectivity index (χ4n) is 2.68. The van der Waals surface area contributed by atoms with Crippen molar-refractivity contribution in [2.75, 3.05) is 13.2 Å². The smallest absolute Gasteiger partial charge is 0.409 e. The largest absolute Gasteiger partial charge is 0.463 e. The molecule has 84 valence electrons. The van der Waals surface area contributed by atoms with E-state index in [1.807, 2.05) is 18.2 Å². The zero-order valence-corrected chi connectivity index (χ0v) is 9.08. The zero-order valence-electron chi connectivity index (χ0n) is 9.08. The van der Waals surface area contributed by atoms with Crippen molar-refractivity contribution in [2.45, 2.75) is 24.3 Å². The second-order valence-electron chi connectivity index (χ2n) is 4.51. The van der Waals surface area contributed by atoms with Gasteiger partial charge in [-0.25, -0.2) is 0 Å². The normalized spacial score (nSPS) is 33.8. The van der Waals surface area contributed by atoms with Crippen molar-refractivity contribution in [2.24, 2.45) is 0 Å². The van der Waals surface area contributed by atoms with Gasteiger partial charge in [0.1, 0.15) is 0 Å². The lowest BCUT2D eigenvalue weighted by molar-refractivity contribution is 0.0591. The van der Waals surface area contributed by atoms with Gasteiger partial charge in [0.05, 0.1) is 19.3 Å². The van der Waals surface area contributed by atoms with Gasteiger partial charge in [-0.15, -0.1) is 0 Å². The van der Waals surface area contributed by atoms with Gasteiger partial charge in [0.15, 0.2) is 0 Å². The second kappa shape index (κ2) is 4.20. The molecule has 1 saturated carbocycles. The highest BCUT2D eigenvalue weighted by Gasteiger charge is 2.51. The number of rotatable bonds is 2. The molecule has 16 heavy (non-hydrogen) atoms. The molecule has 4 heteroatoms. The molecule has 1 N–H and O–H groups in total. The maximum atomic E-state index is 9.84. The number of aliphatic hydroxyl groups is 1. The van der Waals surface area contributed by atoms with Gasteiger partial charge < -0.3 is 14.4 Å². The first-order valence-electron chi connectivity index (χ1n) is 5.82. The summed E-state index contributed by atoms with van der Waals surface area (Å²) in [5.41, 5.74) is 1.27. The molecule has 0 spiro atoms. The Morgan fingerprint density at radius 2 is 1.81 bits per heavy atom. The minimum absolute atomic E-state index is 0.102. The molecule has 0 amide bonds. The van der Waals surface area contributed by atoms with E-state index in [1.54, 1.807) is 0 Å². The Morgan fingerprint density at radius 3 is 2.44 bits per heavy atom. The maximum absolute atomic E-state index is 9.84. The Morgan fingerprint density at radius 1 is 1.12 bits per heavy atom. The van der Waals surface area contributed by atoms with Crippen molar-refractivity contribution < 1.29 is 14.4 Å². The number of hydrogen-bond donors (Lipinski definition) is 1. The van der Waals surface area contributed by atoms with Crippen LogP contribution in [0.15, 0.2) is 30.3 Å². The van der Waals surface area contributed by atoms with E-state index >= 15 is 0 Å². The predicted octanol–water partition coefficient (Wildman–Crippen LogP) is 1.44. The van der Waals surface area contributed by atoms with Gasteiger partial charge in [-0.3, -0.25) is 0 Å². The van der Waals surface area contributed by atoms with Gasteiger partial charge in [-0.05, 0) is 17.9 Å². The van der Waals surface area contributed by atoms with Crippen LogP contribution in [0.5, 0.6) is 0 Å². The monoisotopic (exact) mass is 218 g/mol. The molecule has 3 rings (SSSR count). The van der Waals surface area contributed by atoms with Crippen LogP contribution in [0.25, 0.3) is 0 Å². The van der Waals surface area contributed by atoms with Crippen LogP contribution in [-0.4, -0.2) is 31.5 Å². The van der Waals surface area contributed by atoms with Crippen LogP contribution in [0, 0.1) is 0 Å². The van der Waals surface area contributed by atoms with Crippen molar-refractivity contribution in [1.82, 2.24) is 0 Å². The van der Waals surface area contributed by atoms with Crippen molar-refractivity contribution >= 4 is 7.12 Å². The number of hydrogen-bond acceptors (Lipinski definition) is 3. The average Bonchev–Trinajstić information content (AvgIpc) is 2.80.